The minimum atomic E-state index is -0.0694. The molecule has 106 valence electrons. The Hall–Kier alpha value is -0.0500. The van der Waals surface area contributed by atoms with E-state index >= 15 is 0 Å². The SMILES string of the molecule is CC(C)C(Br)C(=O)NC1CCCCC1C(C)(C)C. The number of hydrogen-bond acceptors (Lipinski definition) is 1. The molecular weight excluding hydrogens is 290 g/mol. The van der Waals surface area contributed by atoms with Crippen molar-refractivity contribution in [3.8, 4) is 0 Å². The Morgan fingerprint density at radius 1 is 1.22 bits per heavy atom. The summed E-state index contributed by atoms with van der Waals surface area (Å²) in [6.07, 6.45) is 4.91. The van der Waals surface area contributed by atoms with E-state index in [1.807, 2.05) is 0 Å². The molecule has 18 heavy (non-hydrogen) atoms. The molecule has 0 bridgehead atoms. The van der Waals surface area contributed by atoms with E-state index in [-0.39, 0.29) is 16.1 Å². The van der Waals surface area contributed by atoms with E-state index in [9.17, 15) is 4.79 Å². The molecule has 0 spiro atoms. The number of carbonyl (C=O) groups is 1. The zero-order chi connectivity index (χ0) is 13.9. The molecule has 0 radical (unpaired) electrons. The first-order valence-corrected chi connectivity index (χ1v) is 8.09. The molecule has 0 aromatic heterocycles. The topological polar surface area (TPSA) is 29.1 Å². The molecule has 0 heterocycles. The summed E-state index contributed by atoms with van der Waals surface area (Å²) < 4.78 is 0. The summed E-state index contributed by atoms with van der Waals surface area (Å²) in [5.74, 6) is 1.09. The van der Waals surface area contributed by atoms with Crippen molar-refractivity contribution in [2.75, 3.05) is 0 Å². The van der Waals surface area contributed by atoms with Crippen LogP contribution >= 0.6 is 15.9 Å². The summed E-state index contributed by atoms with van der Waals surface area (Å²) in [6.45, 7) is 11.0. The van der Waals surface area contributed by atoms with Gasteiger partial charge in [0.2, 0.25) is 5.91 Å². The summed E-state index contributed by atoms with van der Waals surface area (Å²) in [5.41, 5.74) is 0.276. The first-order valence-electron chi connectivity index (χ1n) is 7.18. The number of carbonyl (C=O) groups excluding carboxylic acids is 1. The largest absolute Gasteiger partial charge is 0.352 e. The van der Waals surface area contributed by atoms with Crippen molar-refractivity contribution in [1.29, 1.82) is 0 Å². The van der Waals surface area contributed by atoms with Gasteiger partial charge in [0, 0.05) is 6.04 Å². The van der Waals surface area contributed by atoms with Gasteiger partial charge >= 0.3 is 0 Å². The van der Waals surface area contributed by atoms with Gasteiger partial charge in [0.1, 0.15) is 0 Å². The van der Waals surface area contributed by atoms with Gasteiger partial charge in [-0.1, -0.05) is 63.4 Å². The van der Waals surface area contributed by atoms with Crippen LogP contribution in [-0.4, -0.2) is 16.8 Å². The van der Waals surface area contributed by atoms with E-state index in [0.717, 1.165) is 6.42 Å². The molecule has 1 aliphatic rings. The molecule has 3 atom stereocenters. The Morgan fingerprint density at radius 3 is 2.28 bits per heavy atom. The number of amides is 1. The number of alkyl halides is 1. The van der Waals surface area contributed by atoms with Crippen LogP contribution in [0.2, 0.25) is 0 Å². The molecule has 2 nitrogen and oxygen atoms in total. The molecule has 0 aliphatic heterocycles. The van der Waals surface area contributed by atoms with Crippen LogP contribution in [0.4, 0.5) is 0 Å². The minimum absolute atomic E-state index is 0.0694. The summed E-state index contributed by atoms with van der Waals surface area (Å²) in [7, 11) is 0. The van der Waals surface area contributed by atoms with E-state index in [0.29, 0.717) is 17.9 Å². The van der Waals surface area contributed by atoms with E-state index in [2.05, 4.69) is 55.9 Å². The Balaban J connectivity index is 2.65. The van der Waals surface area contributed by atoms with Gasteiger partial charge in [-0.2, -0.15) is 0 Å². The third kappa shape index (κ3) is 4.25. The summed E-state index contributed by atoms with van der Waals surface area (Å²) >= 11 is 3.49. The van der Waals surface area contributed by atoms with Crippen molar-refractivity contribution in [2.45, 2.75) is 71.2 Å². The predicted octanol–water partition coefficient (Wildman–Crippen LogP) is 4.13. The molecule has 1 saturated carbocycles. The predicted molar refractivity (Wildman–Crippen MR) is 80.9 cm³/mol. The normalized spacial score (nSPS) is 27.1. The second kappa shape index (κ2) is 6.40. The van der Waals surface area contributed by atoms with Gasteiger partial charge in [0.15, 0.2) is 0 Å². The minimum Gasteiger partial charge on any atom is -0.352 e. The molecule has 1 amide bonds. The van der Waals surface area contributed by atoms with Crippen molar-refractivity contribution >= 4 is 21.8 Å². The van der Waals surface area contributed by atoms with E-state index < -0.39 is 0 Å². The molecule has 1 N–H and O–H groups in total. The summed E-state index contributed by atoms with van der Waals surface area (Å²) in [6, 6.07) is 0.352. The fourth-order valence-corrected chi connectivity index (χ4v) is 3.04. The van der Waals surface area contributed by atoms with Gasteiger partial charge in [-0.3, -0.25) is 4.79 Å². The van der Waals surface area contributed by atoms with Crippen LogP contribution < -0.4 is 5.32 Å². The monoisotopic (exact) mass is 317 g/mol. The molecule has 1 aliphatic carbocycles. The zero-order valence-corrected chi connectivity index (χ0v) is 14.0. The fraction of sp³-hybridized carbons (Fsp3) is 0.933. The average Bonchev–Trinajstić information content (AvgIpc) is 2.27. The van der Waals surface area contributed by atoms with Gasteiger partial charge in [-0.05, 0) is 30.1 Å². The maximum Gasteiger partial charge on any atom is 0.234 e. The molecule has 3 unspecified atom stereocenters. The summed E-state index contributed by atoms with van der Waals surface area (Å²) in [5, 5.41) is 3.27. The standard InChI is InChI=1S/C15H28BrNO/c1-10(2)13(16)14(18)17-12-9-7-6-8-11(12)15(3,4)5/h10-13H,6-9H2,1-5H3,(H,17,18). The number of halogens is 1. The van der Waals surface area contributed by atoms with Crippen molar-refractivity contribution in [1.82, 2.24) is 5.32 Å². The van der Waals surface area contributed by atoms with Crippen LogP contribution in [0.15, 0.2) is 0 Å². The van der Waals surface area contributed by atoms with Crippen molar-refractivity contribution < 1.29 is 4.79 Å². The van der Waals surface area contributed by atoms with Gasteiger partial charge in [-0.15, -0.1) is 0 Å². The van der Waals surface area contributed by atoms with Gasteiger partial charge < -0.3 is 5.32 Å². The van der Waals surface area contributed by atoms with E-state index in [4.69, 9.17) is 0 Å². The summed E-state index contributed by atoms with van der Waals surface area (Å²) in [4.78, 5) is 12.1. The molecule has 1 rings (SSSR count). The number of nitrogens with one attached hydrogen (secondary N) is 1. The van der Waals surface area contributed by atoms with Crippen LogP contribution in [-0.2, 0) is 4.79 Å². The van der Waals surface area contributed by atoms with Crippen LogP contribution in [0.1, 0.15) is 60.3 Å². The third-order valence-electron chi connectivity index (χ3n) is 4.04. The molecule has 0 aromatic rings. The van der Waals surface area contributed by atoms with E-state index in [1.165, 1.54) is 19.3 Å². The average molecular weight is 318 g/mol. The molecule has 0 saturated heterocycles. The number of rotatable bonds is 3. The Labute approximate surface area is 120 Å². The highest BCUT2D eigenvalue weighted by Crippen LogP contribution is 2.38. The van der Waals surface area contributed by atoms with Crippen molar-refractivity contribution in [2.24, 2.45) is 17.3 Å². The molecule has 3 heteroatoms. The van der Waals surface area contributed by atoms with Crippen LogP contribution in [0.5, 0.6) is 0 Å². The first-order chi connectivity index (χ1) is 8.23. The highest BCUT2D eigenvalue weighted by molar-refractivity contribution is 9.10. The van der Waals surface area contributed by atoms with Crippen LogP contribution in [0.25, 0.3) is 0 Å². The highest BCUT2D eigenvalue weighted by atomic mass is 79.9. The fourth-order valence-electron chi connectivity index (χ4n) is 2.91. The van der Waals surface area contributed by atoms with Crippen molar-refractivity contribution in [3.63, 3.8) is 0 Å². The number of hydrogen-bond donors (Lipinski definition) is 1. The Bertz CT molecular complexity index is 283. The maximum atomic E-state index is 12.2. The zero-order valence-electron chi connectivity index (χ0n) is 12.4. The van der Waals surface area contributed by atoms with Crippen molar-refractivity contribution in [3.05, 3.63) is 0 Å². The first kappa shape index (κ1) is 16.0. The Morgan fingerprint density at radius 2 is 1.78 bits per heavy atom. The molecular formula is C15H28BrNO. The quantitative estimate of drug-likeness (QED) is 0.779. The van der Waals surface area contributed by atoms with Gasteiger partial charge in [-0.25, -0.2) is 0 Å². The second-order valence-electron chi connectivity index (χ2n) is 7.02. The highest BCUT2D eigenvalue weighted by Gasteiger charge is 2.35. The lowest BCUT2D eigenvalue weighted by Gasteiger charge is -2.41. The smallest absolute Gasteiger partial charge is 0.234 e. The van der Waals surface area contributed by atoms with Crippen LogP contribution in [0.3, 0.4) is 0 Å². The lowest BCUT2D eigenvalue weighted by molar-refractivity contribution is -0.122. The molecule has 1 fully saturated rings. The lowest BCUT2D eigenvalue weighted by atomic mass is 9.69. The lowest BCUT2D eigenvalue weighted by Crippen LogP contribution is -2.49. The second-order valence-corrected chi connectivity index (χ2v) is 8.00. The van der Waals surface area contributed by atoms with Gasteiger partial charge in [0.05, 0.1) is 4.83 Å². The Kier molecular flexibility index (Phi) is 5.69. The van der Waals surface area contributed by atoms with E-state index in [1.54, 1.807) is 0 Å². The van der Waals surface area contributed by atoms with Gasteiger partial charge in [0.25, 0.3) is 0 Å². The third-order valence-corrected chi connectivity index (χ3v) is 5.51. The van der Waals surface area contributed by atoms with Crippen LogP contribution in [0, 0.1) is 17.3 Å². The molecule has 0 aromatic carbocycles. The maximum absolute atomic E-state index is 12.2.